The molecule has 27 heavy (non-hydrogen) atoms. The monoisotopic (exact) mass is 363 g/mol. The van der Waals surface area contributed by atoms with Gasteiger partial charge in [-0.1, -0.05) is 18.2 Å². The van der Waals surface area contributed by atoms with Crippen LogP contribution in [0.5, 0.6) is 0 Å². The molecule has 2 atom stereocenters. The first-order chi connectivity index (χ1) is 13.1. The third-order valence-electron chi connectivity index (χ3n) is 5.34. The van der Waals surface area contributed by atoms with Gasteiger partial charge in [0.1, 0.15) is 5.82 Å². The molecular formula is C22H22FN3O. The lowest BCUT2D eigenvalue weighted by molar-refractivity contribution is 0.0745. The molecule has 2 N–H and O–H groups in total. The fourth-order valence-corrected chi connectivity index (χ4v) is 3.87. The van der Waals surface area contributed by atoms with Gasteiger partial charge in [-0.05, 0) is 62.2 Å². The highest BCUT2D eigenvalue weighted by atomic mass is 19.1. The molecule has 1 fully saturated rings. The van der Waals surface area contributed by atoms with Gasteiger partial charge in [0.05, 0.1) is 16.8 Å². The Hall–Kier alpha value is -2.79. The highest BCUT2D eigenvalue weighted by molar-refractivity contribution is 6.07. The zero-order chi connectivity index (χ0) is 19.0. The summed E-state index contributed by atoms with van der Waals surface area (Å²) in [5, 5.41) is 0.830. The second-order valence-electron chi connectivity index (χ2n) is 7.22. The Morgan fingerprint density at radius 1 is 1.22 bits per heavy atom. The van der Waals surface area contributed by atoms with Gasteiger partial charge in [0.15, 0.2) is 0 Å². The molecule has 2 aromatic carbocycles. The summed E-state index contributed by atoms with van der Waals surface area (Å²) in [5.41, 5.74) is 8.65. The van der Waals surface area contributed by atoms with Crippen LogP contribution in [0.25, 0.3) is 22.2 Å². The summed E-state index contributed by atoms with van der Waals surface area (Å²) in [6.07, 6.45) is 0.927. The summed E-state index contributed by atoms with van der Waals surface area (Å²) in [4.78, 5) is 20.0. The zero-order valence-electron chi connectivity index (χ0n) is 15.2. The van der Waals surface area contributed by atoms with Crippen LogP contribution in [0.15, 0.2) is 54.6 Å². The Balaban J connectivity index is 1.81. The smallest absolute Gasteiger partial charge is 0.254 e. The van der Waals surface area contributed by atoms with Crippen LogP contribution >= 0.6 is 0 Å². The average Bonchev–Trinajstić information content (AvgIpc) is 3.08. The topological polar surface area (TPSA) is 59.2 Å². The van der Waals surface area contributed by atoms with Gasteiger partial charge in [-0.2, -0.15) is 0 Å². The number of likely N-dealkylation sites (tertiary alicyclic amines) is 1. The van der Waals surface area contributed by atoms with Gasteiger partial charge in [0, 0.05) is 23.5 Å². The Morgan fingerprint density at radius 3 is 2.67 bits per heavy atom. The SMILES string of the molecule is CC1CC(CN)CN1C(=O)c1cc(-c2ccc(F)cc2)nc2ccccc12. The minimum Gasteiger partial charge on any atom is -0.336 e. The van der Waals surface area contributed by atoms with Crippen molar-refractivity contribution in [3.8, 4) is 11.3 Å². The number of carbonyl (C=O) groups is 1. The Labute approximate surface area is 157 Å². The maximum Gasteiger partial charge on any atom is 0.254 e. The summed E-state index contributed by atoms with van der Waals surface area (Å²) in [7, 11) is 0. The maximum absolute atomic E-state index is 13.4. The van der Waals surface area contributed by atoms with Crippen molar-refractivity contribution in [1.82, 2.24) is 9.88 Å². The molecule has 4 rings (SSSR count). The molecule has 0 spiro atoms. The predicted octanol–water partition coefficient (Wildman–Crippen LogP) is 3.85. The number of nitrogens with zero attached hydrogens (tertiary/aromatic N) is 2. The lowest BCUT2D eigenvalue weighted by Gasteiger charge is -2.22. The minimum absolute atomic E-state index is 0.000381. The van der Waals surface area contributed by atoms with Gasteiger partial charge in [-0.3, -0.25) is 4.79 Å². The molecule has 2 heterocycles. The van der Waals surface area contributed by atoms with E-state index in [1.165, 1.54) is 12.1 Å². The number of hydrogen-bond acceptors (Lipinski definition) is 3. The van der Waals surface area contributed by atoms with E-state index in [9.17, 15) is 9.18 Å². The van der Waals surface area contributed by atoms with Crippen molar-refractivity contribution in [2.75, 3.05) is 13.1 Å². The second-order valence-corrected chi connectivity index (χ2v) is 7.22. The second kappa shape index (κ2) is 7.08. The van der Waals surface area contributed by atoms with Crippen LogP contribution in [0.4, 0.5) is 4.39 Å². The first-order valence-corrected chi connectivity index (χ1v) is 9.23. The van der Waals surface area contributed by atoms with Crippen molar-refractivity contribution in [3.63, 3.8) is 0 Å². The molecule has 0 bridgehead atoms. The molecule has 1 amide bonds. The molecule has 1 aromatic heterocycles. The van der Waals surface area contributed by atoms with Crippen LogP contribution in [0, 0.1) is 11.7 Å². The van der Waals surface area contributed by atoms with E-state index < -0.39 is 0 Å². The number of pyridine rings is 1. The van der Waals surface area contributed by atoms with Crippen molar-refractivity contribution in [1.29, 1.82) is 0 Å². The lowest BCUT2D eigenvalue weighted by atomic mass is 10.0. The number of rotatable bonds is 3. The first kappa shape index (κ1) is 17.6. The van der Waals surface area contributed by atoms with E-state index in [4.69, 9.17) is 5.73 Å². The molecule has 138 valence electrons. The van der Waals surface area contributed by atoms with E-state index >= 15 is 0 Å². The number of aromatic nitrogens is 1. The quantitative estimate of drug-likeness (QED) is 0.769. The number of hydrogen-bond donors (Lipinski definition) is 1. The van der Waals surface area contributed by atoms with Crippen LogP contribution in [0.3, 0.4) is 0 Å². The van der Waals surface area contributed by atoms with Crippen molar-refractivity contribution in [2.24, 2.45) is 11.7 Å². The van der Waals surface area contributed by atoms with E-state index in [2.05, 4.69) is 11.9 Å². The van der Waals surface area contributed by atoms with Crippen molar-refractivity contribution < 1.29 is 9.18 Å². The fourth-order valence-electron chi connectivity index (χ4n) is 3.87. The van der Waals surface area contributed by atoms with E-state index in [0.29, 0.717) is 30.3 Å². The number of benzene rings is 2. The normalized spacial score (nSPS) is 19.6. The van der Waals surface area contributed by atoms with E-state index in [0.717, 1.165) is 22.9 Å². The van der Waals surface area contributed by atoms with E-state index in [1.54, 1.807) is 12.1 Å². The van der Waals surface area contributed by atoms with E-state index in [-0.39, 0.29) is 17.8 Å². The van der Waals surface area contributed by atoms with Crippen molar-refractivity contribution in [3.05, 3.63) is 66.0 Å². The molecular weight excluding hydrogens is 341 g/mol. The summed E-state index contributed by atoms with van der Waals surface area (Å²) < 4.78 is 13.3. The summed E-state index contributed by atoms with van der Waals surface area (Å²) in [6, 6.07) is 15.8. The molecule has 0 saturated carbocycles. The molecule has 0 radical (unpaired) electrons. The van der Waals surface area contributed by atoms with E-state index in [1.807, 2.05) is 35.2 Å². The van der Waals surface area contributed by atoms with Gasteiger partial charge < -0.3 is 10.6 Å². The third kappa shape index (κ3) is 3.30. The highest BCUT2D eigenvalue weighted by Gasteiger charge is 2.33. The average molecular weight is 363 g/mol. The molecule has 5 heteroatoms. The van der Waals surface area contributed by atoms with Crippen LogP contribution in [0.2, 0.25) is 0 Å². The zero-order valence-corrected chi connectivity index (χ0v) is 15.2. The molecule has 3 aromatic rings. The Bertz CT molecular complexity index is 987. The largest absolute Gasteiger partial charge is 0.336 e. The molecule has 4 nitrogen and oxygen atoms in total. The fraction of sp³-hybridized carbons (Fsp3) is 0.273. The maximum atomic E-state index is 13.4. The molecule has 2 unspecified atom stereocenters. The van der Waals surface area contributed by atoms with Crippen LogP contribution < -0.4 is 5.73 Å². The Kier molecular flexibility index (Phi) is 4.62. The lowest BCUT2D eigenvalue weighted by Crippen LogP contribution is -2.34. The van der Waals surface area contributed by atoms with Crippen molar-refractivity contribution >= 4 is 16.8 Å². The summed E-state index contributed by atoms with van der Waals surface area (Å²) >= 11 is 0. The van der Waals surface area contributed by atoms with Crippen LogP contribution in [0.1, 0.15) is 23.7 Å². The number of fused-ring (bicyclic) bond motifs is 1. The molecule has 1 aliphatic rings. The third-order valence-corrected chi connectivity index (χ3v) is 5.34. The van der Waals surface area contributed by atoms with Gasteiger partial charge in [0.2, 0.25) is 0 Å². The summed E-state index contributed by atoms with van der Waals surface area (Å²) in [6.45, 7) is 3.34. The van der Waals surface area contributed by atoms with Crippen LogP contribution in [-0.2, 0) is 0 Å². The van der Waals surface area contributed by atoms with Crippen molar-refractivity contribution in [2.45, 2.75) is 19.4 Å². The number of para-hydroxylation sites is 1. The van der Waals surface area contributed by atoms with Crippen LogP contribution in [-0.4, -0.2) is 34.9 Å². The predicted molar refractivity (Wildman–Crippen MR) is 105 cm³/mol. The summed E-state index contributed by atoms with van der Waals surface area (Å²) in [5.74, 6) is 0.0450. The van der Waals surface area contributed by atoms with Gasteiger partial charge in [0.25, 0.3) is 5.91 Å². The molecule has 1 aliphatic heterocycles. The van der Waals surface area contributed by atoms with Gasteiger partial charge in [-0.15, -0.1) is 0 Å². The first-order valence-electron chi connectivity index (χ1n) is 9.23. The number of nitrogens with two attached hydrogens (primary N) is 1. The number of amides is 1. The number of carbonyl (C=O) groups excluding carboxylic acids is 1. The minimum atomic E-state index is -0.297. The van der Waals surface area contributed by atoms with Gasteiger partial charge in [-0.25, -0.2) is 9.37 Å². The molecule has 1 saturated heterocycles. The number of halogens is 1. The highest BCUT2D eigenvalue weighted by Crippen LogP contribution is 2.29. The standard InChI is InChI=1S/C22H22FN3O/c1-14-10-15(12-24)13-26(14)22(27)19-11-21(16-6-8-17(23)9-7-16)25-20-5-3-2-4-18(19)20/h2-9,11,14-15H,10,12-13,24H2,1H3. The Morgan fingerprint density at radius 2 is 1.96 bits per heavy atom. The van der Waals surface area contributed by atoms with Gasteiger partial charge >= 0.3 is 0 Å². The molecule has 0 aliphatic carbocycles.